The number of nitro groups is 2. The largest absolute Gasteiger partial charge is 0.269 e. The first-order valence-electron chi connectivity index (χ1n) is 10.6. The van der Waals surface area contributed by atoms with E-state index in [9.17, 15) is 28.6 Å². The van der Waals surface area contributed by atoms with E-state index < -0.39 is 28.1 Å². The van der Waals surface area contributed by atoms with E-state index in [1.54, 1.807) is 0 Å². The van der Waals surface area contributed by atoms with Crippen molar-refractivity contribution < 1.29 is 18.3 Å². The number of benzene rings is 2. The van der Waals surface area contributed by atoms with E-state index >= 15 is 0 Å². The van der Waals surface area contributed by atoms with Gasteiger partial charge in [0.25, 0.3) is 11.4 Å². The van der Waals surface area contributed by atoms with Gasteiger partial charge in [0.1, 0.15) is 0 Å². The topological polar surface area (TPSA) is 120 Å². The van der Waals surface area contributed by atoms with E-state index in [1.165, 1.54) is 36.4 Å². The predicted octanol–water partition coefficient (Wildman–Crippen LogP) is 6.78. The van der Waals surface area contributed by atoms with Crippen molar-refractivity contribution >= 4 is 44.4 Å². The van der Waals surface area contributed by atoms with Gasteiger partial charge in [-0.25, -0.2) is 8.42 Å². The number of halogens is 2. The van der Waals surface area contributed by atoms with Gasteiger partial charge in [-0.3, -0.25) is 20.2 Å². The van der Waals surface area contributed by atoms with E-state index in [1.807, 2.05) is 13.8 Å². The number of hydrogen-bond donors (Lipinski definition) is 0. The van der Waals surface area contributed by atoms with Crippen LogP contribution in [0.4, 0.5) is 11.4 Å². The summed E-state index contributed by atoms with van der Waals surface area (Å²) in [4.78, 5) is 21.4. The first-order valence-corrected chi connectivity index (χ1v) is 12.8. The molecule has 0 saturated carbocycles. The fourth-order valence-electron chi connectivity index (χ4n) is 3.64. The van der Waals surface area contributed by atoms with Crippen LogP contribution in [0.5, 0.6) is 0 Å². The Morgan fingerprint density at radius 1 is 0.788 bits per heavy atom. The van der Waals surface area contributed by atoms with Crippen LogP contribution in [0.2, 0.25) is 0 Å². The Morgan fingerprint density at radius 2 is 1.15 bits per heavy atom. The average Bonchev–Trinajstić information content (AvgIpc) is 2.80. The molecule has 2 unspecified atom stereocenters. The van der Waals surface area contributed by atoms with Gasteiger partial charge in [-0.05, 0) is 24.0 Å². The molecule has 0 aliphatic carbocycles. The molecule has 0 amide bonds. The van der Waals surface area contributed by atoms with Gasteiger partial charge in [-0.2, -0.15) is 0 Å². The zero-order chi connectivity index (χ0) is 24.9. The Bertz CT molecular complexity index is 1050. The third-order valence-corrected chi connectivity index (χ3v) is 10.1. The van der Waals surface area contributed by atoms with Crippen LogP contribution in [0.25, 0.3) is 0 Å². The van der Waals surface area contributed by atoms with Gasteiger partial charge in [0.05, 0.1) is 9.85 Å². The minimum atomic E-state index is -4.51. The molecule has 0 N–H and O–H groups in total. The first-order chi connectivity index (χ1) is 15.4. The summed E-state index contributed by atoms with van der Waals surface area (Å²) < 4.78 is 24.3. The van der Waals surface area contributed by atoms with Gasteiger partial charge in [-0.15, -0.1) is 0 Å². The van der Waals surface area contributed by atoms with E-state index in [2.05, 4.69) is 0 Å². The fraction of sp³-hybridized carbons (Fsp3) is 0.455. The molecular formula is C22H26Cl2N2O6S. The maximum atomic E-state index is 14.2. The van der Waals surface area contributed by atoms with E-state index in [-0.39, 0.29) is 35.3 Å². The lowest BCUT2D eigenvalue weighted by Gasteiger charge is -2.37. The van der Waals surface area contributed by atoms with Crippen molar-refractivity contribution in [3.05, 3.63) is 79.9 Å². The molecule has 0 aliphatic heterocycles. The molecule has 2 rings (SSSR count). The molecule has 2 atom stereocenters. The van der Waals surface area contributed by atoms with Crippen molar-refractivity contribution in [1.29, 1.82) is 0 Å². The van der Waals surface area contributed by atoms with Crippen molar-refractivity contribution in [3.8, 4) is 0 Å². The van der Waals surface area contributed by atoms with Crippen LogP contribution in [0.1, 0.15) is 63.5 Å². The quantitative estimate of drug-likeness (QED) is 0.174. The molecule has 2 aromatic rings. The number of unbranched alkanes of at least 4 members (excludes halogenated alkanes) is 2. The zero-order valence-electron chi connectivity index (χ0n) is 18.4. The number of nitro benzene ring substituents is 2. The highest BCUT2D eigenvalue weighted by Gasteiger charge is 2.56. The molecule has 0 saturated heterocycles. The van der Waals surface area contributed by atoms with Crippen LogP contribution in [0.3, 0.4) is 0 Å². The van der Waals surface area contributed by atoms with Crippen molar-refractivity contribution in [3.63, 3.8) is 0 Å². The zero-order valence-corrected chi connectivity index (χ0v) is 20.7. The van der Waals surface area contributed by atoms with Crippen molar-refractivity contribution in [1.82, 2.24) is 0 Å². The summed E-state index contributed by atoms with van der Waals surface area (Å²) in [5.41, 5.74) is -0.515. The van der Waals surface area contributed by atoms with E-state index in [0.29, 0.717) is 25.7 Å². The number of rotatable bonds is 12. The third kappa shape index (κ3) is 5.31. The van der Waals surface area contributed by atoms with Gasteiger partial charge in [0.15, 0.2) is 18.2 Å². The number of hydrogen-bond acceptors (Lipinski definition) is 6. The third-order valence-electron chi connectivity index (χ3n) is 5.53. The summed E-state index contributed by atoms with van der Waals surface area (Å²) in [6.07, 6.45) is 2.01. The minimum absolute atomic E-state index is 0.0376. The standard InChI is InChI=1S/C22H26Cl2N2O6S/c1-3-5-13-21(23,17-9-7-11-19(15-17)25(27)28)33(31,32)22(24,14-6-4-2)18-10-8-12-20(16-18)26(29)30/h7-12,15-16H,3-6,13-14H2,1-2H3. The lowest BCUT2D eigenvalue weighted by molar-refractivity contribution is -0.385. The summed E-state index contributed by atoms with van der Waals surface area (Å²) in [5, 5.41) is 22.7. The maximum absolute atomic E-state index is 14.2. The second-order valence-corrected chi connectivity index (χ2v) is 11.9. The van der Waals surface area contributed by atoms with Gasteiger partial charge < -0.3 is 0 Å². The molecule has 11 heteroatoms. The summed E-state index contributed by atoms with van der Waals surface area (Å²) in [6.45, 7) is 3.73. The van der Waals surface area contributed by atoms with Crippen LogP contribution in [0.15, 0.2) is 48.5 Å². The van der Waals surface area contributed by atoms with Crippen LogP contribution < -0.4 is 0 Å². The monoisotopic (exact) mass is 516 g/mol. The van der Waals surface area contributed by atoms with Gasteiger partial charge in [0.2, 0.25) is 0 Å². The predicted molar refractivity (Wildman–Crippen MR) is 129 cm³/mol. The summed E-state index contributed by atoms with van der Waals surface area (Å²) in [5.74, 6) is 0. The highest BCUT2D eigenvalue weighted by atomic mass is 35.5. The molecule has 0 aliphatic rings. The molecule has 0 aromatic heterocycles. The first kappa shape index (κ1) is 27.0. The second kappa shape index (κ2) is 10.8. The van der Waals surface area contributed by atoms with Crippen LogP contribution >= 0.6 is 23.2 Å². The Kier molecular flexibility index (Phi) is 8.84. The van der Waals surface area contributed by atoms with Crippen LogP contribution in [0, 0.1) is 20.2 Å². The summed E-state index contributed by atoms with van der Waals surface area (Å²) >= 11 is 13.8. The minimum Gasteiger partial charge on any atom is -0.258 e. The SMILES string of the molecule is CCCCC(Cl)(c1cccc([N+](=O)[O-])c1)S(=O)(=O)C(Cl)(CCCC)c1cccc([N+](=O)[O-])c1. The maximum Gasteiger partial charge on any atom is 0.269 e. The Hall–Kier alpha value is -2.23. The molecule has 180 valence electrons. The van der Waals surface area contributed by atoms with Crippen molar-refractivity contribution in [2.45, 2.75) is 60.8 Å². The Balaban J connectivity index is 2.80. The highest BCUT2D eigenvalue weighted by molar-refractivity contribution is 7.95. The summed E-state index contributed by atoms with van der Waals surface area (Å²) in [6, 6.07) is 10.4. The smallest absolute Gasteiger partial charge is 0.258 e. The van der Waals surface area contributed by atoms with Gasteiger partial charge >= 0.3 is 0 Å². The molecule has 0 bridgehead atoms. The molecule has 0 radical (unpaired) electrons. The van der Waals surface area contributed by atoms with Gasteiger partial charge in [0, 0.05) is 24.3 Å². The van der Waals surface area contributed by atoms with Crippen LogP contribution in [-0.2, 0) is 18.2 Å². The lowest BCUT2D eigenvalue weighted by Crippen LogP contribution is -2.43. The molecule has 2 aromatic carbocycles. The number of non-ortho nitro benzene ring substituents is 2. The van der Waals surface area contributed by atoms with Crippen molar-refractivity contribution in [2.24, 2.45) is 0 Å². The number of sulfone groups is 1. The second-order valence-electron chi connectivity index (χ2n) is 7.78. The molecule has 0 fully saturated rings. The van der Waals surface area contributed by atoms with E-state index in [4.69, 9.17) is 23.2 Å². The van der Waals surface area contributed by atoms with Gasteiger partial charge in [-0.1, -0.05) is 87.0 Å². The molecule has 8 nitrogen and oxygen atoms in total. The fourth-order valence-corrected chi connectivity index (χ4v) is 7.26. The average molecular weight is 517 g/mol. The molecule has 0 spiro atoms. The Labute approximate surface area is 203 Å². The molecule has 33 heavy (non-hydrogen) atoms. The van der Waals surface area contributed by atoms with E-state index in [0.717, 1.165) is 12.1 Å². The number of alkyl halides is 2. The molecular weight excluding hydrogens is 491 g/mol. The highest BCUT2D eigenvalue weighted by Crippen LogP contribution is 2.53. The van der Waals surface area contributed by atoms with Crippen LogP contribution in [-0.4, -0.2) is 18.3 Å². The lowest BCUT2D eigenvalue weighted by atomic mass is 10.0. The van der Waals surface area contributed by atoms with Crippen molar-refractivity contribution in [2.75, 3.05) is 0 Å². The number of nitrogens with zero attached hydrogens (tertiary/aromatic N) is 2. The normalized spacial score (nSPS) is 15.4. The summed E-state index contributed by atoms with van der Waals surface area (Å²) in [7, 11) is -4.51. The Morgan fingerprint density at radius 3 is 1.45 bits per heavy atom. The molecule has 0 heterocycles.